The molecular weight excluding hydrogens is 418 g/mol. The fourth-order valence-electron chi connectivity index (χ4n) is 3.19. The molecule has 31 heavy (non-hydrogen) atoms. The molecule has 8 nitrogen and oxygen atoms in total. The van der Waals surface area contributed by atoms with Crippen molar-refractivity contribution in [1.29, 1.82) is 0 Å². The molecule has 0 bridgehead atoms. The maximum atomic E-state index is 11.9. The fraction of sp³-hybridized carbons (Fsp3) is 0.409. The van der Waals surface area contributed by atoms with E-state index in [0.717, 1.165) is 37.2 Å². The quantitative estimate of drug-likeness (QED) is 0.346. The molecule has 9 heteroatoms. The summed E-state index contributed by atoms with van der Waals surface area (Å²) in [5, 5.41) is 16.1. The second kappa shape index (κ2) is 11.8. The van der Waals surface area contributed by atoms with Gasteiger partial charge in [-0.25, -0.2) is 0 Å². The smallest absolute Gasteiger partial charge is 0.268 e. The van der Waals surface area contributed by atoms with Crippen LogP contribution in [0.4, 0.5) is 0 Å². The summed E-state index contributed by atoms with van der Waals surface area (Å²) in [7, 11) is -1.29. The maximum absolute atomic E-state index is 11.9. The predicted molar refractivity (Wildman–Crippen MR) is 119 cm³/mol. The number of dihydropyridines is 1. The van der Waals surface area contributed by atoms with Crippen molar-refractivity contribution in [2.75, 3.05) is 38.5 Å². The van der Waals surface area contributed by atoms with Crippen LogP contribution in [0.25, 0.3) is 0 Å². The monoisotopic (exact) mass is 447 g/mol. The van der Waals surface area contributed by atoms with E-state index in [1.807, 2.05) is 6.08 Å². The van der Waals surface area contributed by atoms with Crippen LogP contribution in [-0.4, -0.2) is 64.6 Å². The van der Waals surface area contributed by atoms with Crippen molar-refractivity contribution in [3.8, 4) is 0 Å². The van der Waals surface area contributed by atoms with Gasteiger partial charge in [0, 0.05) is 54.8 Å². The van der Waals surface area contributed by atoms with Gasteiger partial charge in [0.2, 0.25) is 5.91 Å². The number of furan rings is 1. The molecule has 2 aliphatic heterocycles. The molecule has 0 spiro atoms. The van der Waals surface area contributed by atoms with Crippen LogP contribution in [0.1, 0.15) is 12.0 Å². The number of nitrogens with zero attached hydrogens (tertiary/aromatic N) is 1. The largest absolute Gasteiger partial charge is 0.472 e. The van der Waals surface area contributed by atoms with Crippen molar-refractivity contribution in [3.63, 3.8) is 0 Å². The fourth-order valence-corrected chi connectivity index (χ4v) is 4.22. The molecule has 0 aliphatic carbocycles. The first-order valence-electron chi connectivity index (χ1n) is 10.2. The lowest BCUT2D eigenvalue weighted by atomic mass is 10.1. The summed E-state index contributed by atoms with van der Waals surface area (Å²) < 4.78 is 22.4. The third-order valence-corrected chi connectivity index (χ3v) is 5.94. The molecule has 0 fully saturated rings. The van der Waals surface area contributed by atoms with E-state index in [1.54, 1.807) is 30.5 Å². The highest BCUT2D eigenvalue weighted by Crippen LogP contribution is 2.16. The highest BCUT2D eigenvalue weighted by molar-refractivity contribution is 7.84. The summed E-state index contributed by atoms with van der Waals surface area (Å²) in [4.78, 5) is 14.1. The van der Waals surface area contributed by atoms with Gasteiger partial charge in [0.15, 0.2) is 0 Å². The zero-order valence-corrected chi connectivity index (χ0v) is 18.2. The molecule has 2 aliphatic rings. The summed E-state index contributed by atoms with van der Waals surface area (Å²) >= 11 is 0. The lowest BCUT2D eigenvalue weighted by Gasteiger charge is -2.30. The Bertz CT molecular complexity index is 863. The van der Waals surface area contributed by atoms with Gasteiger partial charge in [0.1, 0.15) is 5.75 Å². The first-order chi connectivity index (χ1) is 15.0. The van der Waals surface area contributed by atoms with Gasteiger partial charge in [-0.3, -0.25) is 13.9 Å². The number of hydrogen-bond acceptors (Lipinski definition) is 7. The summed E-state index contributed by atoms with van der Waals surface area (Å²) in [6.07, 6.45) is 17.1. The van der Waals surface area contributed by atoms with Gasteiger partial charge in [-0.2, -0.15) is 0 Å². The Kier molecular flexibility index (Phi) is 8.84. The zero-order valence-electron chi connectivity index (χ0n) is 17.4. The molecule has 2 atom stereocenters. The van der Waals surface area contributed by atoms with E-state index < -0.39 is 16.7 Å². The van der Waals surface area contributed by atoms with Crippen LogP contribution in [0.2, 0.25) is 0 Å². The average Bonchev–Trinajstić information content (AvgIpc) is 3.24. The Balaban J connectivity index is 1.33. The van der Waals surface area contributed by atoms with E-state index in [2.05, 4.69) is 27.7 Å². The van der Waals surface area contributed by atoms with Crippen LogP contribution >= 0.6 is 0 Å². The minimum absolute atomic E-state index is 0.0636. The van der Waals surface area contributed by atoms with Gasteiger partial charge >= 0.3 is 0 Å². The lowest BCUT2D eigenvalue weighted by molar-refractivity contribution is -0.174. The highest BCUT2D eigenvalue weighted by atomic mass is 32.2. The molecular formula is C22H29N3O5S. The number of nitrogens with one attached hydrogen (secondary N) is 2. The van der Waals surface area contributed by atoms with Crippen LogP contribution < -0.4 is 10.6 Å². The molecule has 1 aromatic heterocycles. The Labute approximate surface area is 184 Å². The summed E-state index contributed by atoms with van der Waals surface area (Å²) in [5.74, 6) is -1.62. The second-order valence-corrected chi connectivity index (χ2v) is 8.79. The lowest BCUT2D eigenvalue weighted by Crippen LogP contribution is -2.45. The Hall–Kier alpha value is -2.46. The molecule has 0 saturated heterocycles. The molecule has 1 amide bonds. The van der Waals surface area contributed by atoms with Crippen LogP contribution in [-0.2, 0) is 26.1 Å². The van der Waals surface area contributed by atoms with Crippen molar-refractivity contribution in [2.24, 2.45) is 0 Å². The number of hydrogen-bond donors (Lipinski definition) is 3. The summed E-state index contributed by atoms with van der Waals surface area (Å²) in [6.45, 7) is 3.11. The van der Waals surface area contributed by atoms with Gasteiger partial charge in [0.25, 0.3) is 5.91 Å². The number of aliphatic hydroxyl groups is 1. The van der Waals surface area contributed by atoms with Gasteiger partial charge in [0.05, 0.1) is 24.9 Å². The second-order valence-electron chi connectivity index (χ2n) is 7.34. The van der Waals surface area contributed by atoms with E-state index in [1.165, 1.54) is 12.5 Å². The topological polar surface area (TPSA) is 104 Å². The summed E-state index contributed by atoms with van der Waals surface area (Å²) in [5.41, 5.74) is 1.79. The first kappa shape index (κ1) is 23.2. The van der Waals surface area contributed by atoms with Crippen molar-refractivity contribution < 1.29 is 23.3 Å². The van der Waals surface area contributed by atoms with Crippen molar-refractivity contribution in [1.82, 2.24) is 15.5 Å². The Morgan fingerprint density at radius 2 is 2.32 bits per heavy atom. The standard InChI is InChI=1S/C22H29N3O5S/c26-21(18-31(28)17-20-7-13-29-16-20)23-8-2-5-12-30-22(27)14-19(6-9-24-22)15-25-10-3-1-4-11-25/h1-3,5-7,9,13-14,16,24,27H,4,8,10-12,15,17-18H2,(H,23,26). The van der Waals surface area contributed by atoms with Crippen LogP contribution in [0, 0.1) is 0 Å². The third kappa shape index (κ3) is 8.29. The molecule has 3 N–H and O–H groups in total. The molecule has 0 saturated carbocycles. The predicted octanol–water partition coefficient (Wildman–Crippen LogP) is 1.17. The number of carbonyl (C=O) groups excluding carboxylic acids is 1. The van der Waals surface area contributed by atoms with Crippen LogP contribution in [0.15, 0.2) is 71.2 Å². The van der Waals surface area contributed by atoms with E-state index in [-0.39, 0.29) is 24.0 Å². The van der Waals surface area contributed by atoms with Crippen LogP contribution in [0.5, 0.6) is 0 Å². The molecule has 0 aromatic carbocycles. The normalized spacial score (nSPS) is 22.3. The van der Waals surface area contributed by atoms with Gasteiger partial charge < -0.3 is 24.9 Å². The van der Waals surface area contributed by atoms with E-state index >= 15 is 0 Å². The minimum atomic E-state index is -1.56. The Morgan fingerprint density at radius 1 is 1.42 bits per heavy atom. The Morgan fingerprint density at radius 3 is 3.10 bits per heavy atom. The molecule has 3 rings (SSSR count). The van der Waals surface area contributed by atoms with E-state index in [9.17, 15) is 14.1 Å². The molecule has 0 radical (unpaired) electrons. The van der Waals surface area contributed by atoms with E-state index in [0.29, 0.717) is 6.54 Å². The third-order valence-electron chi connectivity index (χ3n) is 4.70. The van der Waals surface area contributed by atoms with Crippen molar-refractivity contribution >= 4 is 16.7 Å². The zero-order chi connectivity index (χ0) is 21.9. The van der Waals surface area contributed by atoms with Gasteiger partial charge in [-0.1, -0.05) is 24.3 Å². The SMILES string of the molecule is O=C(CS(=O)Cc1ccoc1)NCC=CCOC1(O)C=C(CN2CC=CCC2)C=CN1. The molecule has 1 aromatic rings. The molecule has 2 unspecified atom stereocenters. The van der Waals surface area contributed by atoms with Crippen LogP contribution in [0.3, 0.4) is 0 Å². The first-order valence-corrected chi connectivity index (χ1v) is 11.7. The van der Waals surface area contributed by atoms with Crippen molar-refractivity contribution in [2.45, 2.75) is 18.1 Å². The summed E-state index contributed by atoms with van der Waals surface area (Å²) in [6, 6.07) is 1.73. The van der Waals surface area contributed by atoms with Gasteiger partial charge in [-0.15, -0.1) is 0 Å². The van der Waals surface area contributed by atoms with Crippen molar-refractivity contribution in [3.05, 3.63) is 72.4 Å². The average molecular weight is 448 g/mol. The number of amides is 1. The van der Waals surface area contributed by atoms with E-state index in [4.69, 9.17) is 9.15 Å². The highest BCUT2D eigenvalue weighted by Gasteiger charge is 2.26. The number of ether oxygens (including phenoxy) is 1. The molecule has 3 heterocycles. The maximum Gasteiger partial charge on any atom is 0.268 e. The van der Waals surface area contributed by atoms with Gasteiger partial charge in [-0.05, 0) is 24.1 Å². The molecule has 168 valence electrons. The minimum Gasteiger partial charge on any atom is -0.472 e. The number of carbonyl (C=O) groups is 1. The number of rotatable bonds is 11.